The molecule has 1 aromatic heterocycles. The summed E-state index contributed by atoms with van der Waals surface area (Å²) in [6, 6.07) is 8.05. The van der Waals surface area contributed by atoms with Gasteiger partial charge in [-0.1, -0.05) is 26.0 Å². The van der Waals surface area contributed by atoms with E-state index in [4.69, 9.17) is 0 Å². The first kappa shape index (κ1) is 20.2. The normalized spacial score (nSPS) is 22.9. The number of hydrogen-bond acceptors (Lipinski definition) is 3. The summed E-state index contributed by atoms with van der Waals surface area (Å²) in [5.41, 5.74) is 1.58. The first-order valence-corrected chi connectivity index (χ1v) is 11.2. The molecule has 29 heavy (non-hydrogen) atoms. The Labute approximate surface area is 172 Å². The van der Waals surface area contributed by atoms with Crippen LogP contribution in [0.25, 0.3) is 11.0 Å². The highest BCUT2D eigenvalue weighted by Gasteiger charge is 2.37. The predicted molar refractivity (Wildman–Crippen MR) is 116 cm³/mol. The number of aromatic nitrogens is 2. The molecule has 2 aromatic rings. The topological polar surface area (TPSA) is 61.3 Å². The number of benzene rings is 1. The average Bonchev–Trinajstić information content (AvgIpc) is 3.04. The Bertz CT molecular complexity index is 900. The fourth-order valence-corrected chi connectivity index (χ4v) is 5.11. The van der Waals surface area contributed by atoms with Crippen molar-refractivity contribution in [3.8, 4) is 0 Å². The number of hydrogen-bond donors (Lipinski definition) is 1. The zero-order valence-electron chi connectivity index (χ0n) is 17.8. The average molecular weight is 399 g/mol. The second-order valence-corrected chi connectivity index (χ2v) is 9.18. The molecule has 2 saturated heterocycles. The summed E-state index contributed by atoms with van der Waals surface area (Å²) in [5, 5.41) is 0. The lowest BCUT2D eigenvalue weighted by molar-refractivity contribution is -0.138. The third-order valence-corrected chi connectivity index (χ3v) is 6.73. The number of nitrogens with one attached hydrogen (secondary N) is 1. The third kappa shape index (κ3) is 4.42. The van der Waals surface area contributed by atoms with Crippen LogP contribution in [0.1, 0.15) is 46.0 Å². The van der Waals surface area contributed by atoms with Crippen molar-refractivity contribution in [2.24, 2.45) is 11.8 Å². The smallest absolute Gasteiger partial charge is 0.326 e. The van der Waals surface area contributed by atoms with Crippen LogP contribution in [0.15, 0.2) is 29.1 Å². The van der Waals surface area contributed by atoms with E-state index in [1.165, 1.54) is 19.4 Å². The van der Waals surface area contributed by atoms with Crippen molar-refractivity contribution in [3.63, 3.8) is 0 Å². The summed E-state index contributed by atoms with van der Waals surface area (Å²) in [6.45, 7) is 9.28. The molecular weight excluding hydrogens is 364 g/mol. The fraction of sp³-hybridized carbons (Fsp3) is 0.652. The number of aromatic amines is 1. The van der Waals surface area contributed by atoms with Crippen molar-refractivity contribution >= 4 is 16.9 Å². The molecule has 6 heteroatoms. The number of imidazole rings is 1. The number of likely N-dealkylation sites (tertiary alicyclic amines) is 2. The minimum Gasteiger partial charge on any atom is -0.339 e. The van der Waals surface area contributed by atoms with Crippen molar-refractivity contribution in [3.05, 3.63) is 34.7 Å². The van der Waals surface area contributed by atoms with Crippen molar-refractivity contribution in [2.45, 2.75) is 58.5 Å². The molecule has 0 radical (unpaired) electrons. The van der Waals surface area contributed by atoms with Gasteiger partial charge >= 0.3 is 5.69 Å². The zero-order chi connectivity index (χ0) is 20.4. The van der Waals surface area contributed by atoms with Gasteiger partial charge in [0.25, 0.3) is 0 Å². The molecule has 2 atom stereocenters. The molecule has 0 bridgehead atoms. The van der Waals surface area contributed by atoms with Gasteiger partial charge in [0.1, 0.15) is 0 Å². The van der Waals surface area contributed by atoms with Crippen LogP contribution in [0, 0.1) is 11.8 Å². The van der Waals surface area contributed by atoms with Crippen molar-refractivity contribution in [1.82, 2.24) is 19.4 Å². The van der Waals surface area contributed by atoms with Crippen molar-refractivity contribution < 1.29 is 4.79 Å². The van der Waals surface area contributed by atoms with Gasteiger partial charge in [-0.3, -0.25) is 9.36 Å². The third-order valence-electron chi connectivity index (χ3n) is 6.73. The molecule has 2 fully saturated rings. The summed E-state index contributed by atoms with van der Waals surface area (Å²) in [6.07, 6.45) is 5.05. The number of carbonyl (C=O) groups is 1. The maximum atomic E-state index is 13.1. The van der Waals surface area contributed by atoms with Gasteiger partial charge in [-0.15, -0.1) is 0 Å². The Morgan fingerprint density at radius 1 is 1.17 bits per heavy atom. The summed E-state index contributed by atoms with van der Waals surface area (Å²) in [7, 11) is 0. The number of nitrogens with zero attached hydrogens (tertiary/aromatic N) is 3. The van der Waals surface area contributed by atoms with E-state index in [9.17, 15) is 9.59 Å². The molecule has 6 nitrogen and oxygen atoms in total. The van der Waals surface area contributed by atoms with Gasteiger partial charge in [-0.05, 0) is 56.2 Å². The SMILES string of the molecule is CC(C)CCN1CC[C@@H]2[C@H](CCCN2C(=O)CCn2c(=O)[nH]c3ccccc32)C1. The van der Waals surface area contributed by atoms with E-state index < -0.39 is 0 Å². The standard InChI is InChI=1S/C23H34N4O2/c1-17(2)9-13-25-14-10-20-18(16-25)6-5-12-26(20)22(28)11-15-27-21-8-4-3-7-19(21)24-23(27)29/h3-4,7-8,17-18,20H,5-6,9-16H2,1-2H3,(H,24,29)/t18-,20-/m1/s1. The lowest BCUT2D eigenvalue weighted by Crippen LogP contribution is -2.56. The Kier molecular flexibility index (Phi) is 6.09. The Hall–Kier alpha value is -2.08. The maximum Gasteiger partial charge on any atom is 0.326 e. The number of aryl methyl sites for hydroxylation is 1. The van der Waals surface area contributed by atoms with Crippen LogP contribution in [0.4, 0.5) is 0 Å². The van der Waals surface area contributed by atoms with Gasteiger partial charge in [-0.25, -0.2) is 4.79 Å². The number of piperidine rings is 2. The highest BCUT2D eigenvalue weighted by Crippen LogP contribution is 2.31. The number of carbonyl (C=O) groups excluding carboxylic acids is 1. The number of fused-ring (bicyclic) bond motifs is 2. The summed E-state index contributed by atoms with van der Waals surface area (Å²) >= 11 is 0. The molecule has 2 aliphatic rings. The summed E-state index contributed by atoms with van der Waals surface area (Å²) in [4.78, 5) is 33.0. The first-order valence-electron chi connectivity index (χ1n) is 11.2. The van der Waals surface area contributed by atoms with E-state index in [0.29, 0.717) is 24.9 Å². The van der Waals surface area contributed by atoms with E-state index in [1.807, 2.05) is 24.3 Å². The molecular formula is C23H34N4O2. The summed E-state index contributed by atoms with van der Waals surface area (Å²) in [5.74, 6) is 1.54. The van der Waals surface area contributed by atoms with Crippen LogP contribution in [-0.2, 0) is 11.3 Å². The van der Waals surface area contributed by atoms with Crippen LogP contribution in [0.2, 0.25) is 0 Å². The lowest BCUT2D eigenvalue weighted by Gasteiger charge is -2.47. The van der Waals surface area contributed by atoms with Crippen molar-refractivity contribution in [2.75, 3.05) is 26.2 Å². The predicted octanol–water partition coefficient (Wildman–Crippen LogP) is 3.08. The molecule has 0 spiro atoms. The Morgan fingerprint density at radius 3 is 2.83 bits per heavy atom. The number of para-hydroxylation sites is 2. The van der Waals surface area contributed by atoms with Gasteiger partial charge in [0.2, 0.25) is 5.91 Å². The molecule has 1 N–H and O–H groups in total. The van der Waals surface area contributed by atoms with E-state index in [-0.39, 0.29) is 11.6 Å². The monoisotopic (exact) mass is 398 g/mol. The van der Waals surface area contributed by atoms with Gasteiger partial charge in [0.05, 0.1) is 11.0 Å². The molecule has 0 aliphatic carbocycles. The largest absolute Gasteiger partial charge is 0.339 e. The summed E-state index contributed by atoms with van der Waals surface area (Å²) < 4.78 is 1.70. The minimum atomic E-state index is -0.131. The lowest BCUT2D eigenvalue weighted by atomic mass is 9.83. The highest BCUT2D eigenvalue weighted by atomic mass is 16.2. The molecule has 4 rings (SSSR count). The van der Waals surface area contributed by atoms with Crippen LogP contribution >= 0.6 is 0 Å². The highest BCUT2D eigenvalue weighted by molar-refractivity contribution is 5.78. The molecule has 1 aromatic carbocycles. The maximum absolute atomic E-state index is 13.1. The Balaban J connectivity index is 1.37. The van der Waals surface area contributed by atoms with Crippen LogP contribution in [0.5, 0.6) is 0 Å². The second-order valence-electron chi connectivity index (χ2n) is 9.18. The van der Waals surface area contributed by atoms with E-state index >= 15 is 0 Å². The van der Waals surface area contributed by atoms with E-state index in [1.54, 1.807) is 4.57 Å². The number of rotatable bonds is 6. The van der Waals surface area contributed by atoms with Gasteiger partial charge in [0, 0.05) is 38.6 Å². The quantitative estimate of drug-likeness (QED) is 0.813. The van der Waals surface area contributed by atoms with E-state index in [0.717, 1.165) is 49.4 Å². The van der Waals surface area contributed by atoms with Crippen LogP contribution in [0.3, 0.4) is 0 Å². The molecule has 3 heterocycles. The number of H-pyrrole nitrogens is 1. The van der Waals surface area contributed by atoms with Crippen LogP contribution in [-0.4, -0.2) is 57.5 Å². The van der Waals surface area contributed by atoms with E-state index in [2.05, 4.69) is 28.6 Å². The molecule has 1 amide bonds. The molecule has 0 unspecified atom stereocenters. The van der Waals surface area contributed by atoms with Crippen molar-refractivity contribution in [1.29, 1.82) is 0 Å². The first-order chi connectivity index (χ1) is 14.0. The minimum absolute atomic E-state index is 0.131. The molecule has 2 aliphatic heterocycles. The molecule has 158 valence electrons. The van der Waals surface area contributed by atoms with Crippen LogP contribution < -0.4 is 5.69 Å². The van der Waals surface area contributed by atoms with Gasteiger partial charge in [0.15, 0.2) is 0 Å². The molecule has 0 saturated carbocycles. The second kappa shape index (κ2) is 8.74. The zero-order valence-corrected chi connectivity index (χ0v) is 17.8. The fourth-order valence-electron chi connectivity index (χ4n) is 5.11. The Morgan fingerprint density at radius 2 is 2.00 bits per heavy atom. The number of amides is 1. The van der Waals surface area contributed by atoms with Gasteiger partial charge < -0.3 is 14.8 Å². The van der Waals surface area contributed by atoms with Gasteiger partial charge in [-0.2, -0.15) is 0 Å².